The van der Waals surface area contributed by atoms with Crippen LogP contribution in [-0.2, 0) is 14.3 Å². The highest BCUT2D eigenvalue weighted by atomic mass is 16.5. The molecule has 476 valence electrons. The monoisotopic (exact) mass is 1130 g/mol. The van der Waals surface area contributed by atoms with Gasteiger partial charge in [-0.2, -0.15) is 0 Å². The second kappa shape index (κ2) is 70.1. The minimum atomic E-state index is -0.839. The van der Waals surface area contributed by atoms with Gasteiger partial charge in [0.15, 0.2) is 0 Å². The van der Waals surface area contributed by atoms with Gasteiger partial charge in [0, 0.05) is 12.8 Å². The molecule has 0 fully saturated rings. The summed E-state index contributed by atoms with van der Waals surface area (Å²) in [5, 5.41) is 23.2. The van der Waals surface area contributed by atoms with Gasteiger partial charge in [0.25, 0.3) is 0 Å². The number of carbonyl (C=O) groups excluding carboxylic acids is 2. The number of hydrogen-bond acceptors (Lipinski definition) is 5. The number of rotatable bonds is 70. The van der Waals surface area contributed by atoms with Crippen LogP contribution in [0.2, 0.25) is 0 Å². The number of hydrogen-bond donors (Lipinski definition) is 3. The van der Waals surface area contributed by atoms with Crippen molar-refractivity contribution >= 4 is 11.9 Å². The molecule has 0 aromatic rings. The number of esters is 1. The van der Waals surface area contributed by atoms with Crippen LogP contribution in [0.15, 0.2) is 12.2 Å². The molecule has 6 heteroatoms. The molecule has 3 N–H and O–H groups in total. The minimum Gasteiger partial charge on any atom is -0.466 e. The van der Waals surface area contributed by atoms with Gasteiger partial charge in [-0.3, -0.25) is 9.59 Å². The first-order valence-electron chi connectivity index (χ1n) is 37.0. The average Bonchev–Trinajstić information content (AvgIpc) is 3.46. The quantitative estimate of drug-likeness (QED) is 0.0320. The van der Waals surface area contributed by atoms with Crippen LogP contribution >= 0.6 is 0 Å². The summed E-state index contributed by atoms with van der Waals surface area (Å²) in [4.78, 5) is 24.5. The van der Waals surface area contributed by atoms with E-state index in [9.17, 15) is 19.8 Å². The van der Waals surface area contributed by atoms with Gasteiger partial charge < -0.3 is 20.3 Å². The van der Waals surface area contributed by atoms with Crippen LogP contribution in [0.1, 0.15) is 425 Å². The van der Waals surface area contributed by atoms with Crippen molar-refractivity contribution < 1.29 is 24.5 Å². The molecule has 0 aromatic heterocycles. The molecular formula is C74H145NO5. The van der Waals surface area contributed by atoms with Crippen molar-refractivity contribution in [2.45, 2.75) is 437 Å². The maximum absolute atomic E-state index is 12.5. The average molecular weight is 1130 g/mol. The van der Waals surface area contributed by atoms with Crippen LogP contribution < -0.4 is 5.32 Å². The summed E-state index contributed by atoms with van der Waals surface area (Å²) in [6.07, 6.45) is 87.6. The topological polar surface area (TPSA) is 95.9 Å². The van der Waals surface area contributed by atoms with E-state index in [1.807, 2.05) is 6.08 Å². The minimum absolute atomic E-state index is 0.0247. The molecule has 0 saturated carbocycles. The van der Waals surface area contributed by atoms with E-state index in [0.717, 1.165) is 38.5 Å². The third kappa shape index (κ3) is 65.7. The van der Waals surface area contributed by atoms with E-state index >= 15 is 0 Å². The van der Waals surface area contributed by atoms with Crippen LogP contribution in [-0.4, -0.2) is 47.4 Å². The molecule has 80 heavy (non-hydrogen) atoms. The lowest BCUT2D eigenvalue weighted by Gasteiger charge is -2.20. The first-order valence-corrected chi connectivity index (χ1v) is 37.0. The Bertz CT molecular complexity index is 1210. The number of aliphatic hydroxyl groups excluding tert-OH is 2. The van der Waals surface area contributed by atoms with Gasteiger partial charge in [0.05, 0.1) is 25.4 Å². The van der Waals surface area contributed by atoms with Crippen LogP contribution in [0.5, 0.6) is 0 Å². The maximum atomic E-state index is 12.5. The molecule has 0 aliphatic rings. The van der Waals surface area contributed by atoms with E-state index in [1.165, 1.54) is 360 Å². The third-order valence-corrected chi connectivity index (χ3v) is 17.6. The Morgan fingerprint density at radius 2 is 0.575 bits per heavy atom. The van der Waals surface area contributed by atoms with Crippen LogP contribution in [0.3, 0.4) is 0 Å². The lowest BCUT2D eigenvalue weighted by Crippen LogP contribution is -2.45. The Kier molecular flexibility index (Phi) is 68.9. The summed E-state index contributed by atoms with van der Waals surface area (Å²) in [6.45, 7) is 4.94. The van der Waals surface area contributed by atoms with Crippen molar-refractivity contribution in [3.05, 3.63) is 12.2 Å². The normalized spacial score (nSPS) is 12.5. The number of ether oxygens (including phenoxy) is 1. The Hall–Kier alpha value is -1.40. The molecule has 0 aromatic carbocycles. The molecule has 0 spiro atoms. The second-order valence-electron chi connectivity index (χ2n) is 25.6. The van der Waals surface area contributed by atoms with E-state index in [-0.39, 0.29) is 18.5 Å². The van der Waals surface area contributed by atoms with Crippen molar-refractivity contribution in [3.63, 3.8) is 0 Å². The maximum Gasteiger partial charge on any atom is 0.305 e. The SMILES string of the molecule is CCCCCCCCCCCCCC/C=C/C(O)C(CO)NC(=O)CCCCCCCCCCCCCCCCCCCCCCCCCCCCCCCCCCCCCCCOC(=O)CCCCCCCCCCCCCC. The van der Waals surface area contributed by atoms with Gasteiger partial charge >= 0.3 is 5.97 Å². The predicted octanol–water partition coefficient (Wildman–Crippen LogP) is 23.9. The molecule has 0 bridgehead atoms. The molecule has 2 atom stereocenters. The summed E-state index contributed by atoms with van der Waals surface area (Å²) in [5.74, 6) is -0.0349. The van der Waals surface area contributed by atoms with E-state index in [4.69, 9.17) is 4.74 Å². The van der Waals surface area contributed by atoms with Crippen molar-refractivity contribution in [2.24, 2.45) is 0 Å². The fourth-order valence-corrected chi connectivity index (χ4v) is 11.9. The molecule has 2 unspecified atom stereocenters. The first-order chi connectivity index (χ1) is 39.5. The Morgan fingerprint density at radius 3 is 0.850 bits per heavy atom. The highest BCUT2D eigenvalue weighted by Gasteiger charge is 2.18. The number of aliphatic hydroxyl groups is 2. The molecule has 1 amide bonds. The zero-order valence-electron chi connectivity index (χ0n) is 54.6. The summed E-state index contributed by atoms with van der Waals surface area (Å²) in [5.41, 5.74) is 0. The number of nitrogens with one attached hydrogen (secondary N) is 1. The van der Waals surface area contributed by atoms with Crippen molar-refractivity contribution in [3.8, 4) is 0 Å². The molecular weight excluding hydrogens is 983 g/mol. The lowest BCUT2D eigenvalue weighted by molar-refractivity contribution is -0.143. The molecule has 0 heterocycles. The standard InChI is InChI=1S/C74H145NO5/c1-3-5-7-9-11-13-15-17-43-46-50-54-58-62-66-72(77)71(70-76)75-73(78)67-63-59-55-51-47-44-41-39-37-35-33-31-29-27-25-23-21-19-18-20-22-24-26-28-30-32-34-36-38-40-42-45-49-53-57-61-65-69-80-74(79)68-64-60-56-52-48-16-14-12-10-8-6-4-2/h62,66,71-72,76-77H,3-61,63-65,67-70H2,1-2H3,(H,75,78)/b66-62+. The number of allylic oxidation sites excluding steroid dienone is 1. The van der Waals surface area contributed by atoms with Crippen molar-refractivity contribution in [1.29, 1.82) is 0 Å². The van der Waals surface area contributed by atoms with Crippen LogP contribution in [0.25, 0.3) is 0 Å². The zero-order chi connectivity index (χ0) is 57.8. The highest BCUT2D eigenvalue weighted by molar-refractivity contribution is 5.76. The van der Waals surface area contributed by atoms with E-state index in [0.29, 0.717) is 19.4 Å². The molecule has 0 rings (SSSR count). The molecule has 0 aliphatic heterocycles. The summed E-state index contributed by atoms with van der Waals surface area (Å²) < 4.78 is 5.49. The van der Waals surface area contributed by atoms with E-state index < -0.39 is 12.1 Å². The Labute approximate surface area is 501 Å². The Balaban J connectivity index is 3.29. The second-order valence-corrected chi connectivity index (χ2v) is 25.6. The molecule has 6 nitrogen and oxygen atoms in total. The van der Waals surface area contributed by atoms with Crippen LogP contribution in [0.4, 0.5) is 0 Å². The Morgan fingerprint density at radius 1 is 0.338 bits per heavy atom. The smallest absolute Gasteiger partial charge is 0.305 e. The number of carbonyl (C=O) groups is 2. The summed E-state index contributed by atoms with van der Waals surface area (Å²) in [6, 6.07) is -0.622. The lowest BCUT2D eigenvalue weighted by atomic mass is 10.0. The van der Waals surface area contributed by atoms with E-state index in [1.54, 1.807) is 6.08 Å². The number of amides is 1. The third-order valence-electron chi connectivity index (χ3n) is 17.6. The van der Waals surface area contributed by atoms with Crippen molar-refractivity contribution in [2.75, 3.05) is 13.2 Å². The predicted molar refractivity (Wildman–Crippen MR) is 352 cm³/mol. The zero-order valence-corrected chi connectivity index (χ0v) is 54.6. The van der Waals surface area contributed by atoms with Gasteiger partial charge in [0.1, 0.15) is 0 Å². The van der Waals surface area contributed by atoms with Gasteiger partial charge in [-0.15, -0.1) is 0 Å². The number of unbranched alkanes of at least 4 members (excludes halogenated alkanes) is 59. The van der Waals surface area contributed by atoms with Gasteiger partial charge in [-0.25, -0.2) is 0 Å². The fraction of sp³-hybridized carbons (Fsp3) is 0.946. The highest BCUT2D eigenvalue weighted by Crippen LogP contribution is 2.20. The summed E-state index contributed by atoms with van der Waals surface area (Å²) in [7, 11) is 0. The van der Waals surface area contributed by atoms with Gasteiger partial charge in [-0.05, 0) is 32.1 Å². The fourth-order valence-electron chi connectivity index (χ4n) is 11.9. The molecule has 0 aliphatic carbocycles. The summed E-state index contributed by atoms with van der Waals surface area (Å²) >= 11 is 0. The largest absolute Gasteiger partial charge is 0.466 e. The van der Waals surface area contributed by atoms with E-state index in [2.05, 4.69) is 19.2 Å². The van der Waals surface area contributed by atoms with Crippen LogP contribution in [0, 0.1) is 0 Å². The van der Waals surface area contributed by atoms with Gasteiger partial charge in [-0.1, -0.05) is 392 Å². The molecule has 0 radical (unpaired) electrons. The molecule has 0 saturated heterocycles. The van der Waals surface area contributed by atoms with Gasteiger partial charge in [0.2, 0.25) is 5.91 Å². The first kappa shape index (κ1) is 78.6. The van der Waals surface area contributed by atoms with Crippen molar-refractivity contribution in [1.82, 2.24) is 5.32 Å².